The van der Waals surface area contributed by atoms with Crippen LogP contribution in [0.2, 0.25) is 0 Å². The summed E-state index contributed by atoms with van der Waals surface area (Å²) in [6, 6.07) is 5.21. The fourth-order valence-corrected chi connectivity index (χ4v) is 3.62. The maximum Gasteiger partial charge on any atom is 0.105 e. The lowest BCUT2D eigenvalue weighted by Crippen LogP contribution is -2.66. The van der Waals surface area contributed by atoms with Gasteiger partial charge in [-0.25, -0.2) is 0 Å². The van der Waals surface area contributed by atoms with Gasteiger partial charge in [-0.15, -0.1) is 0 Å². The summed E-state index contributed by atoms with van der Waals surface area (Å²) in [7, 11) is 0. The molecule has 0 saturated carbocycles. The molecule has 21 heavy (non-hydrogen) atoms. The van der Waals surface area contributed by atoms with Crippen LogP contribution in [0.3, 0.4) is 0 Å². The topological polar surface area (TPSA) is 28.4 Å². The summed E-state index contributed by atoms with van der Waals surface area (Å²) in [5.74, 6) is 1.77. The van der Waals surface area contributed by atoms with E-state index >= 15 is 0 Å². The molecule has 3 nitrogen and oxygen atoms in total. The van der Waals surface area contributed by atoms with E-state index in [1.807, 2.05) is 6.07 Å². The zero-order chi connectivity index (χ0) is 15.5. The molecule has 1 aliphatic rings. The Labute approximate surface area is 130 Å². The van der Waals surface area contributed by atoms with Crippen LogP contribution in [0.4, 0.5) is 0 Å². The molecule has 1 aliphatic heterocycles. The molecule has 1 N–H and O–H groups in total. The van der Waals surface area contributed by atoms with Crippen LogP contribution in [0.5, 0.6) is 0 Å². The molecule has 2 heterocycles. The van der Waals surface area contributed by atoms with Crippen LogP contribution in [-0.4, -0.2) is 35.6 Å². The van der Waals surface area contributed by atoms with Gasteiger partial charge in [0.1, 0.15) is 5.76 Å². The Morgan fingerprint density at radius 3 is 2.57 bits per heavy atom. The molecule has 2 atom stereocenters. The summed E-state index contributed by atoms with van der Waals surface area (Å²) < 4.78 is 5.55. The molecule has 1 saturated heterocycles. The zero-order valence-corrected chi connectivity index (χ0v) is 14.4. The first kappa shape index (κ1) is 16.6. The van der Waals surface area contributed by atoms with Crippen molar-refractivity contribution in [2.75, 3.05) is 13.1 Å². The molecule has 0 radical (unpaired) electrons. The van der Waals surface area contributed by atoms with Gasteiger partial charge in [0.15, 0.2) is 0 Å². The summed E-state index contributed by atoms with van der Waals surface area (Å²) in [5.41, 5.74) is 0.281. The molecule has 3 heteroatoms. The Balaban J connectivity index is 2.13. The highest BCUT2D eigenvalue weighted by molar-refractivity contribution is 5.04. The maximum absolute atomic E-state index is 5.55. The third kappa shape index (κ3) is 3.70. The van der Waals surface area contributed by atoms with Crippen LogP contribution in [-0.2, 0) is 6.42 Å². The van der Waals surface area contributed by atoms with Crippen molar-refractivity contribution in [2.24, 2.45) is 5.92 Å². The molecule has 1 aromatic heterocycles. The third-order valence-electron chi connectivity index (χ3n) is 5.36. The quantitative estimate of drug-likeness (QED) is 0.866. The number of piperazine rings is 1. The van der Waals surface area contributed by atoms with Gasteiger partial charge in [0.25, 0.3) is 0 Å². The molecule has 0 spiro atoms. The van der Waals surface area contributed by atoms with Crippen LogP contribution in [0, 0.1) is 5.92 Å². The van der Waals surface area contributed by atoms with Gasteiger partial charge in [-0.2, -0.15) is 0 Å². The highest BCUT2D eigenvalue weighted by Crippen LogP contribution is 2.28. The van der Waals surface area contributed by atoms with E-state index in [1.165, 1.54) is 12.8 Å². The highest BCUT2D eigenvalue weighted by Gasteiger charge is 2.39. The van der Waals surface area contributed by atoms with Crippen molar-refractivity contribution in [1.82, 2.24) is 10.2 Å². The Hall–Kier alpha value is -0.800. The molecule has 0 bridgehead atoms. The molecule has 0 aromatic carbocycles. The van der Waals surface area contributed by atoms with E-state index in [0.29, 0.717) is 18.0 Å². The van der Waals surface area contributed by atoms with Gasteiger partial charge in [0, 0.05) is 37.1 Å². The van der Waals surface area contributed by atoms with Gasteiger partial charge < -0.3 is 9.73 Å². The molecule has 0 amide bonds. The van der Waals surface area contributed by atoms with Crippen molar-refractivity contribution < 1.29 is 4.42 Å². The Morgan fingerprint density at radius 2 is 2.05 bits per heavy atom. The number of hydrogen-bond donors (Lipinski definition) is 1. The van der Waals surface area contributed by atoms with Crippen LogP contribution in [0.15, 0.2) is 22.8 Å². The normalized spacial score (nSPS) is 24.4. The smallest absolute Gasteiger partial charge is 0.105 e. The molecule has 2 unspecified atom stereocenters. The largest absolute Gasteiger partial charge is 0.469 e. The number of furan rings is 1. The lowest BCUT2D eigenvalue weighted by molar-refractivity contribution is 0.0207. The Kier molecular flexibility index (Phi) is 5.50. The first-order valence-corrected chi connectivity index (χ1v) is 8.54. The summed E-state index contributed by atoms with van der Waals surface area (Å²) in [6.45, 7) is 13.9. The van der Waals surface area contributed by atoms with E-state index in [1.54, 1.807) is 6.26 Å². The lowest BCUT2D eigenvalue weighted by atomic mass is 9.85. The van der Waals surface area contributed by atoms with E-state index in [-0.39, 0.29) is 5.54 Å². The minimum atomic E-state index is 0.281. The fraction of sp³-hybridized carbons (Fsp3) is 0.778. The van der Waals surface area contributed by atoms with E-state index in [4.69, 9.17) is 4.42 Å². The van der Waals surface area contributed by atoms with Crippen molar-refractivity contribution in [3.05, 3.63) is 24.2 Å². The van der Waals surface area contributed by atoms with Crippen molar-refractivity contribution in [1.29, 1.82) is 0 Å². The first-order valence-electron chi connectivity index (χ1n) is 8.54. The third-order valence-corrected chi connectivity index (χ3v) is 5.36. The van der Waals surface area contributed by atoms with Gasteiger partial charge in [-0.05, 0) is 37.8 Å². The zero-order valence-electron chi connectivity index (χ0n) is 14.4. The van der Waals surface area contributed by atoms with Crippen LogP contribution in [0.25, 0.3) is 0 Å². The second-order valence-electron chi connectivity index (χ2n) is 6.98. The standard InChI is InChI=1S/C18H32N2O/c1-6-18(7-2)13-20(17(12-19-18)14(3)4)15(5)11-16-9-8-10-21-16/h8-10,14-15,17,19H,6-7,11-13H2,1-5H3. The van der Waals surface area contributed by atoms with Crippen LogP contribution < -0.4 is 5.32 Å². The van der Waals surface area contributed by atoms with Crippen molar-refractivity contribution >= 4 is 0 Å². The van der Waals surface area contributed by atoms with Gasteiger partial charge >= 0.3 is 0 Å². The van der Waals surface area contributed by atoms with Gasteiger partial charge in [0.05, 0.1) is 6.26 Å². The van der Waals surface area contributed by atoms with E-state index in [9.17, 15) is 0 Å². The average molecular weight is 292 g/mol. The first-order chi connectivity index (χ1) is 10.0. The van der Waals surface area contributed by atoms with Crippen molar-refractivity contribution in [3.63, 3.8) is 0 Å². The second kappa shape index (κ2) is 6.97. The Morgan fingerprint density at radius 1 is 1.33 bits per heavy atom. The second-order valence-corrected chi connectivity index (χ2v) is 6.98. The number of hydrogen-bond acceptors (Lipinski definition) is 3. The van der Waals surface area contributed by atoms with Gasteiger partial charge in [-0.1, -0.05) is 27.7 Å². The fourth-order valence-electron chi connectivity index (χ4n) is 3.62. The summed E-state index contributed by atoms with van der Waals surface area (Å²) >= 11 is 0. The molecule has 0 aliphatic carbocycles. The lowest BCUT2D eigenvalue weighted by Gasteiger charge is -2.51. The highest BCUT2D eigenvalue weighted by atomic mass is 16.3. The summed E-state index contributed by atoms with van der Waals surface area (Å²) in [4.78, 5) is 2.72. The van der Waals surface area contributed by atoms with E-state index in [2.05, 4.69) is 50.9 Å². The summed E-state index contributed by atoms with van der Waals surface area (Å²) in [5, 5.41) is 3.84. The van der Waals surface area contributed by atoms with Gasteiger partial charge in [-0.3, -0.25) is 4.90 Å². The van der Waals surface area contributed by atoms with Crippen molar-refractivity contribution in [3.8, 4) is 0 Å². The molecule has 120 valence electrons. The van der Waals surface area contributed by atoms with E-state index < -0.39 is 0 Å². The number of rotatable bonds is 6. The van der Waals surface area contributed by atoms with Crippen LogP contribution >= 0.6 is 0 Å². The molecular weight excluding hydrogens is 260 g/mol. The van der Waals surface area contributed by atoms with Gasteiger partial charge in [0.2, 0.25) is 0 Å². The van der Waals surface area contributed by atoms with Crippen LogP contribution in [0.1, 0.15) is 53.2 Å². The Bertz CT molecular complexity index is 409. The SMILES string of the molecule is CCC1(CC)CN(C(C)Cc2ccco2)C(C(C)C)CN1. The minimum absolute atomic E-state index is 0.281. The van der Waals surface area contributed by atoms with E-state index in [0.717, 1.165) is 25.3 Å². The monoisotopic (exact) mass is 292 g/mol. The predicted octanol–water partition coefficient (Wildman–Crippen LogP) is 3.70. The molecular formula is C18H32N2O. The molecule has 2 rings (SSSR count). The van der Waals surface area contributed by atoms with Crippen molar-refractivity contribution in [2.45, 2.75) is 71.5 Å². The number of nitrogens with zero attached hydrogens (tertiary/aromatic N) is 1. The summed E-state index contributed by atoms with van der Waals surface area (Å²) in [6.07, 6.45) is 5.17. The number of nitrogens with one attached hydrogen (secondary N) is 1. The molecule has 1 fully saturated rings. The average Bonchev–Trinajstić information content (AvgIpc) is 2.99. The molecule has 1 aromatic rings. The minimum Gasteiger partial charge on any atom is -0.469 e. The predicted molar refractivity (Wildman–Crippen MR) is 88.5 cm³/mol. The maximum atomic E-state index is 5.55.